The fourth-order valence-electron chi connectivity index (χ4n) is 0.669. The van der Waals surface area contributed by atoms with Crippen molar-refractivity contribution in [2.24, 2.45) is 11.1 Å². The summed E-state index contributed by atoms with van der Waals surface area (Å²) in [6.07, 6.45) is 0.805. The van der Waals surface area contributed by atoms with Gasteiger partial charge in [0.1, 0.15) is 0 Å². The third kappa shape index (κ3) is 1.99. The third-order valence-corrected chi connectivity index (χ3v) is 2.49. The van der Waals surface area contributed by atoms with E-state index in [0.29, 0.717) is 0 Å². The van der Waals surface area contributed by atoms with Crippen LogP contribution in [0.25, 0.3) is 0 Å². The van der Waals surface area contributed by atoms with E-state index in [9.17, 15) is 4.79 Å². The summed E-state index contributed by atoms with van der Waals surface area (Å²) < 4.78 is 0. The quantitative estimate of drug-likeness (QED) is 0.611. The SMILES string of the molecule is CCC(N)C(C)(C)C(=O)S. The number of carbonyl (C=O) groups excluding carboxylic acids is 1. The largest absolute Gasteiger partial charge is 0.327 e. The first-order valence-corrected chi connectivity index (χ1v) is 3.86. The number of rotatable bonds is 3. The van der Waals surface area contributed by atoms with Gasteiger partial charge in [-0.25, -0.2) is 0 Å². The fraction of sp³-hybridized carbons (Fsp3) is 0.857. The molecule has 0 aliphatic heterocycles. The van der Waals surface area contributed by atoms with E-state index in [-0.39, 0.29) is 11.2 Å². The maximum atomic E-state index is 10.9. The highest BCUT2D eigenvalue weighted by molar-refractivity contribution is 7.96. The van der Waals surface area contributed by atoms with E-state index < -0.39 is 5.41 Å². The Morgan fingerprint density at radius 3 is 2.20 bits per heavy atom. The average molecular weight is 161 g/mol. The lowest BCUT2D eigenvalue weighted by atomic mass is 9.85. The number of carbonyl (C=O) groups is 1. The number of hydrogen-bond acceptors (Lipinski definition) is 2. The first-order valence-electron chi connectivity index (χ1n) is 3.42. The van der Waals surface area contributed by atoms with E-state index in [0.717, 1.165) is 6.42 Å². The summed E-state index contributed by atoms with van der Waals surface area (Å²) in [4.78, 5) is 10.9. The second-order valence-electron chi connectivity index (χ2n) is 3.04. The summed E-state index contributed by atoms with van der Waals surface area (Å²) in [5, 5.41) is -0.137. The van der Waals surface area contributed by atoms with Crippen molar-refractivity contribution in [1.82, 2.24) is 0 Å². The minimum atomic E-state index is -0.488. The average Bonchev–Trinajstić information content (AvgIpc) is 1.86. The van der Waals surface area contributed by atoms with Gasteiger partial charge in [0, 0.05) is 11.5 Å². The summed E-state index contributed by atoms with van der Waals surface area (Å²) in [5.41, 5.74) is 5.19. The minimum Gasteiger partial charge on any atom is -0.327 e. The van der Waals surface area contributed by atoms with E-state index >= 15 is 0 Å². The Morgan fingerprint density at radius 2 is 2.10 bits per heavy atom. The van der Waals surface area contributed by atoms with E-state index in [4.69, 9.17) is 5.73 Å². The maximum absolute atomic E-state index is 10.9. The minimum absolute atomic E-state index is 0.0856. The summed E-state index contributed by atoms with van der Waals surface area (Å²) in [6, 6.07) is -0.0856. The molecule has 1 atom stereocenters. The van der Waals surface area contributed by atoms with Crippen LogP contribution in [0, 0.1) is 5.41 Å². The molecule has 0 rings (SSSR count). The van der Waals surface area contributed by atoms with Crippen LogP contribution in [0.1, 0.15) is 27.2 Å². The summed E-state index contributed by atoms with van der Waals surface area (Å²) in [5.74, 6) is 0. The third-order valence-electron chi connectivity index (χ3n) is 1.92. The zero-order chi connectivity index (χ0) is 8.36. The van der Waals surface area contributed by atoms with Gasteiger partial charge in [-0.2, -0.15) is 0 Å². The van der Waals surface area contributed by atoms with Gasteiger partial charge in [0.2, 0.25) is 0 Å². The lowest BCUT2D eigenvalue weighted by Gasteiger charge is -2.26. The molecule has 2 nitrogen and oxygen atoms in total. The first-order chi connectivity index (χ1) is 4.42. The molecule has 0 fully saturated rings. The number of nitrogens with two attached hydrogens (primary N) is 1. The molecule has 0 aromatic rings. The maximum Gasteiger partial charge on any atom is 0.193 e. The molecule has 0 aromatic heterocycles. The Bertz CT molecular complexity index is 134. The highest BCUT2D eigenvalue weighted by atomic mass is 32.1. The molecule has 0 saturated heterocycles. The van der Waals surface area contributed by atoms with Crippen LogP contribution in [0.5, 0.6) is 0 Å². The van der Waals surface area contributed by atoms with Crippen LogP contribution >= 0.6 is 12.6 Å². The molecule has 0 bridgehead atoms. The van der Waals surface area contributed by atoms with Crippen molar-refractivity contribution in [3.05, 3.63) is 0 Å². The molecule has 10 heavy (non-hydrogen) atoms. The molecule has 60 valence electrons. The van der Waals surface area contributed by atoms with Gasteiger partial charge >= 0.3 is 0 Å². The lowest BCUT2D eigenvalue weighted by Crippen LogP contribution is -2.40. The van der Waals surface area contributed by atoms with Gasteiger partial charge in [-0.1, -0.05) is 20.8 Å². The van der Waals surface area contributed by atoms with Crippen LogP contribution in [0.15, 0.2) is 0 Å². The summed E-state index contributed by atoms with van der Waals surface area (Å²) in [7, 11) is 0. The van der Waals surface area contributed by atoms with Crippen LogP contribution < -0.4 is 5.73 Å². The zero-order valence-electron chi connectivity index (χ0n) is 6.72. The van der Waals surface area contributed by atoms with Gasteiger partial charge in [0.15, 0.2) is 5.12 Å². The van der Waals surface area contributed by atoms with E-state index in [1.807, 2.05) is 20.8 Å². The second kappa shape index (κ2) is 3.39. The van der Waals surface area contributed by atoms with Gasteiger partial charge in [0.05, 0.1) is 0 Å². The zero-order valence-corrected chi connectivity index (χ0v) is 7.61. The van der Waals surface area contributed by atoms with E-state index in [1.165, 1.54) is 0 Å². The van der Waals surface area contributed by atoms with Crippen LogP contribution in [0.3, 0.4) is 0 Å². The molecule has 0 radical (unpaired) electrons. The highest BCUT2D eigenvalue weighted by Crippen LogP contribution is 2.23. The van der Waals surface area contributed by atoms with Gasteiger partial charge in [0.25, 0.3) is 0 Å². The second-order valence-corrected chi connectivity index (χ2v) is 3.45. The molecule has 1 unspecified atom stereocenters. The fourth-order valence-corrected chi connectivity index (χ4v) is 0.835. The van der Waals surface area contributed by atoms with Crippen LogP contribution in [0.2, 0.25) is 0 Å². The molecule has 0 amide bonds. The molecule has 0 aromatic carbocycles. The molecule has 0 aliphatic rings. The monoisotopic (exact) mass is 161 g/mol. The Morgan fingerprint density at radius 1 is 1.70 bits per heavy atom. The predicted molar refractivity (Wildman–Crippen MR) is 46.0 cm³/mol. The van der Waals surface area contributed by atoms with Crippen molar-refractivity contribution in [2.45, 2.75) is 33.2 Å². The van der Waals surface area contributed by atoms with Gasteiger partial charge in [-0.05, 0) is 6.42 Å². The standard InChI is InChI=1S/C7H15NOS/c1-4-5(8)7(2,3)6(9)10/h5H,4,8H2,1-3H3,(H,9,10). The van der Waals surface area contributed by atoms with Crippen LogP contribution in [0.4, 0.5) is 0 Å². The smallest absolute Gasteiger partial charge is 0.193 e. The molecule has 2 N–H and O–H groups in total. The molecule has 0 heterocycles. The van der Waals surface area contributed by atoms with Gasteiger partial charge < -0.3 is 5.73 Å². The number of thiol groups is 1. The van der Waals surface area contributed by atoms with Gasteiger partial charge in [-0.3, -0.25) is 4.79 Å². The number of hydrogen-bond donors (Lipinski definition) is 2. The van der Waals surface area contributed by atoms with Crippen molar-refractivity contribution in [2.75, 3.05) is 0 Å². The van der Waals surface area contributed by atoms with E-state index in [2.05, 4.69) is 12.6 Å². The van der Waals surface area contributed by atoms with Crippen LogP contribution in [-0.2, 0) is 4.79 Å². The normalized spacial score (nSPS) is 14.9. The Kier molecular flexibility index (Phi) is 3.39. The summed E-state index contributed by atoms with van der Waals surface area (Å²) >= 11 is 3.75. The van der Waals surface area contributed by atoms with Crippen molar-refractivity contribution in [3.63, 3.8) is 0 Å². The van der Waals surface area contributed by atoms with Crippen molar-refractivity contribution in [1.29, 1.82) is 0 Å². The molecular weight excluding hydrogens is 146 g/mol. The van der Waals surface area contributed by atoms with Crippen LogP contribution in [-0.4, -0.2) is 11.2 Å². The van der Waals surface area contributed by atoms with Crippen molar-refractivity contribution >= 4 is 17.7 Å². The summed E-state index contributed by atoms with van der Waals surface area (Å²) in [6.45, 7) is 5.59. The van der Waals surface area contributed by atoms with E-state index in [1.54, 1.807) is 0 Å². The molecule has 0 spiro atoms. The lowest BCUT2D eigenvalue weighted by molar-refractivity contribution is -0.118. The van der Waals surface area contributed by atoms with Crippen molar-refractivity contribution < 1.29 is 4.79 Å². The highest BCUT2D eigenvalue weighted by Gasteiger charge is 2.30. The molecule has 0 saturated carbocycles. The molecule has 0 aliphatic carbocycles. The molecular formula is C7H15NOS. The Labute approximate surface area is 67.6 Å². The van der Waals surface area contributed by atoms with Crippen molar-refractivity contribution in [3.8, 4) is 0 Å². The Hall–Kier alpha value is -0.0200. The molecule has 3 heteroatoms. The topological polar surface area (TPSA) is 43.1 Å². The van der Waals surface area contributed by atoms with Gasteiger partial charge in [-0.15, -0.1) is 12.6 Å². The first kappa shape index (κ1) is 9.98. The predicted octanol–water partition coefficient (Wildman–Crippen LogP) is 1.21. The Balaban J connectivity index is 4.23.